The van der Waals surface area contributed by atoms with Crippen molar-refractivity contribution in [2.24, 2.45) is 11.8 Å². The maximum Gasteiger partial charge on any atom is 0.308 e. The second kappa shape index (κ2) is 11.0. The number of hydrogen-bond acceptors (Lipinski definition) is 5. The van der Waals surface area contributed by atoms with Gasteiger partial charge in [-0.2, -0.15) is 0 Å². The average Bonchev–Trinajstić information content (AvgIpc) is 2.57. The molecule has 0 heterocycles. The largest absolute Gasteiger partial charge is 0.466 e. The molecule has 5 heteroatoms. The van der Waals surface area contributed by atoms with Crippen LogP contribution < -0.4 is 0 Å². The number of esters is 2. The van der Waals surface area contributed by atoms with Gasteiger partial charge in [-0.1, -0.05) is 12.2 Å². The van der Waals surface area contributed by atoms with Crippen molar-refractivity contribution in [1.29, 1.82) is 0 Å². The molecule has 0 aromatic rings. The second-order valence-corrected chi connectivity index (χ2v) is 6.34. The Morgan fingerprint density at radius 1 is 0.875 bits per heavy atom. The number of carbonyl (C=O) groups is 3. The van der Waals surface area contributed by atoms with Gasteiger partial charge in [0.1, 0.15) is 5.78 Å². The zero-order chi connectivity index (χ0) is 17.9. The van der Waals surface area contributed by atoms with E-state index in [0.717, 1.165) is 25.7 Å². The lowest BCUT2D eigenvalue weighted by Gasteiger charge is -2.21. The van der Waals surface area contributed by atoms with E-state index >= 15 is 0 Å². The van der Waals surface area contributed by atoms with E-state index in [1.807, 2.05) is 6.92 Å². The average molecular weight is 338 g/mol. The first-order valence-electron chi connectivity index (χ1n) is 8.99. The van der Waals surface area contributed by atoms with E-state index in [4.69, 9.17) is 9.47 Å². The van der Waals surface area contributed by atoms with E-state index in [1.54, 1.807) is 6.92 Å². The third kappa shape index (κ3) is 7.28. The SMILES string of the molecule is C=C1CCC(C(=O)OCC)CC1.CCOC(=O)C1CCC(=O)CC1. The summed E-state index contributed by atoms with van der Waals surface area (Å²) in [6.45, 7) is 8.48. The summed E-state index contributed by atoms with van der Waals surface area (Å²) in [6.07, 6.45) is 6.28. The molecule has 2 rings (SSSR count). The fourth-order valence-electron chi connectivity index (χ4n) is 2.96. The van der Waals surface area contributed by atoms with E-state index < -0.39 is 0 Å². The lowest BCUT2D eigenvalue weighted by molar-refractivity contribution is -0.150. The Labute approximate surface area is 144 Å². The normalized spacial score (nSPS) is 19.2. The molecule has 0 saturated heterocycles. The van der Waals surface area contributed by atoms with Crippen LogP contribution in [0.3, 0.4) is 0 Å². The van der Waals surface area contributed by atoms with Gasteiger partial charge < -0.3 is 9.47 Å². The molecule has 136 valence electrons. The van der Waals surface area contributed by atoms with Crippen molar-refractivity contribution in [3.63, 3.8) is 0 Å². The minimum absolute atomic E-state index is 0.0231. The van der Waals surface area contributed by atoms with Gasteiger partial charge in [0, 0.05) is 12.8 Å². The molecule has 0 bridgehead atoms. The summed E-state index contributed by atoms with van der Waals surface area (Å²) < 4.78 is 9.81. The number of allylic oxidation sites excluding steroid dienone is 1. The van der Waals surface area contributed by atoms with Crippen LogP contribution in [0.2, 0.25) is 0 Å². The third-order valence-electron chi connectivity index (χ3n) is 4.48. The number of rotatable bonds is 4. The Kier molecular flexibility index (Phi) is 9.35. The maximum absolute atomic E-state index is 11.3. The first-order valence-corrected chi connectivity index (χ1v) is 8.99. The minimum Gasteiger partial charge on any atom is -0.466 e. The van der Waals surface area contributed by atoms with Crippen LogP contribution in [0.5, 0.6) is 0 Å². The van der Waals surface area contributed by atoms with Crippen LogP contribution in [0, 0.1) is 11.8 Å². The van der Waals surface area contributed by atoms with Crippen molar-refractivity contribution in [3.05, 3.63) is 12.2 Å². The van der Waals surface area contributed by atoms with Gasteiger partial charge in [-0.3, -0.25) is 14.4 Å². The van der Waals surface area contributed by atoms with Crippen molar-refractivity contribution in [2.75, 3.05) is 13.2 Å². The molecule has 2 aliphatic carbocycles. The molecule has 0 N–H and O–H groups in total. The number of ether oxygens (including phenoxy) is 2. The second-order valence-electron chi connectivity index (χ2n) is 6.34. The molecular weight excluding hydrogens is 308 g/mol. The topological polar surface area (TPSA) is 69.7 Å². The summed E-state index contributed by atoms with van der Waals surface area (Å²) in [5.74, 6) is 0.226. The van der Waals surface area contributed by atoms with Crippen LogP contribution in [0.1, 0.15) is 65.2 Å². The lowest BCUT2D eigenvalue weighted by Crippen LogP contribution is -2.23. The van der Waals surface area contributed by atoms with E-state index in [-0.39, 0.29) is 29.6 Å². The van der Waals surface area contributed by atoms with Gasteiger partial charge in [0.25, 0.3) is 0 Å². The molecule has 0 radical (unpaired) electrons. The molecule has 0 unspecified atom stereocenters. The van der Waals surface area contributed by atoms with Gasteiger partial charge in [-0.25, -0.2) is 0 Å². The van der Waals surface area contributed by atoms with Crippen LogP contribution in [0.4, 0.5) is 0 Å². The summed E-state index contributed by atoms with van der Waals surface area (Å²) in [4.78, 5) is 33.3. The summed E-state index contributed by atoms with van der Waals surface area (Å²) in [6, 6.07) is 0. The van der Waals surface area contributed by atoms with Gasteiger partial charge in [0.15, 0.2) is 0 Å². The highest BCUT2D eigenvalue weighted by Gasteiger charge is 2.25. The van der Waals surface area contributed by atoms with Gasteiger partial charge in [-0.05, 0) is 52.4 Å². The first-order chi connectivity index (χ1) is 11.5. The number of ketones is 1. The number of carbonyl (C=O) groups excluding carboxylic acids is 3. The highest BCUT2D eigenvalue weighted by atomic mass is 16.5. The fourth-order valence-corrected chi connectivity index (χ4v) is 2.96. The van der Waals surface area contributed by atoms with Crippen LogP contribution in [-0.4, -0.2) is 30.9 Å². The molecule has 0 atom stereocenters. The maximum atomic E-state index is 11.3. The molecule has 24 heavy (non-hydrogen) atoms. The molecule has 2 aliphatic rings. The highest BCUT2D eigenvalue weighted by molar-refractivity contribution is 5.82. The summed E-state index contributed by atoms with van der Waals surface area (Å²) in [7, 11) is 0. The van der Waals surface area contributed by atoms with Crippen LogP contribution in [0.25, 0.3) is 0 Å². The van der Waals surface area contributed by atoms with Crippen LogP contribution in [-0.2, 0) is 23.9 Å². The number of Topliss-reactive ketones (excluding diaryl/α,β-unsaturated/α-hetero) is 1. The minimum atomic E-state index is -0.134. The molecule has 2 saturated carbocycles. The summed E-state index contributed by atoms with van der Waals surface area (Å²) in [5.41, 5.74) is 1.27. The van der Waals surface area contributed by atoms with E-state index in [9.17, 15) is 14.4 Å². The van der Waals surface area contributed by atoms with Gasteiger partial charge in [0.05, 0.1) is 25.0 Å². The van der Waals surface area contributed by atoms with E-state index in [1.165, 1.54) is 5.57 Å². The molecule has 0 amide bonds. The predicted molar refractivity (Wildman–Crippen MR) is 91.3 cm³/mol. The Morgan fingerprint density at radius 2 is 1.25 bits per heavy atom. The smallest absolute Gasteiger partial charge is 0.308 e. The highest BCUT2D eigenvalue weighted by Crippen LogP contribution is 2.27. The quantitative estimate of drug-likeness (QED) is 0.578. The van der Waals surface area contributed by atoms with Crippen LogP contribution >= 0.6 is 0 Å². The molecule has 0 spiro atoms. The van der Waals surface area contributed by atoms with Crippen molar-refractivity contribution < 1.29 is 23.9 Å². The monoisotopic (exact) mass is 338 g/mol. The molecule has 0 aromatic carbocycles. The molecular formula is C19H30O5. The van der Waals surface area contributed by atoms with Crippen LogP contribution in [0.15, 0.2) is 12.2 Å². The van der Waals surface area contributed by atoms with Crippen molar-refractivity contribution in [1.82, 2.24) is 0 Å². The Bertz CT molecular complexity index is 393. The first kappa shape index (κ1) is 20.4. The van der Waals surface area contributed by atoms with Gasteiger partial charge in [-0.15, -0.1) is 0 Å². The Hall–Kier alpha value is -1.65. The van der Waals surface area contributed by atoms with Crippen molar-refractivity contribution in [2.45, 2.75) is 65.2 Å². The zero-order valence-corrected chi connectivity index (χ0v) is 15.0. The number of hydrogen-bond donors (Lipinski definition) is 0. The van der Waals surface area contributed by atoms with Gasteiger partial charge >= 0.3 is 11.9 Å². The summed E-state index contributed by atoms with van der Waals surface area (Å²) >= 11 is 0. The molecule has 0 aliphatic heterocycles. The molecule has 0 aromatic heterocycles. The van der Waals surface area contributed by atoms with Crippen molar-refractivity contribution >= 4 is 17.7 Å². The molecule has 5 nitrogen and oxygen atoms in total. The third-order valence-corrected chi connectivity index (χ3v) is 4.48. The Morgan fingerprint density at radius 3 is 1.62 bits per heavy atom. The van der Waals surface area contributed by atoms with E-state index in [0.29, 0.717) is 38.9 Å². The van der Waals surface area contributed by atoms with Crippen molar-refractivity contribution in [3.8, 4) is 0 Å². The summed E-state index contributed by atoms with van der Waals surface area (Å²) in [5, 5.41) is 0. The zero-order valence-electron chi connectivity index (χ0n) is 15.0. The standard InChI is InChI=1S/C10H16O2.C9H14O3/c1-3-12-10(11)9-6-4-8(2)5-7-9;1-2-12-9(11)7-3-5-8(10)6-4-7/h9H,2-7H2,1H3;7H,2-6H2,1H3. The lowest BCUT2D eigenvalue weighted by atomic mass is 9.87. The van der Waals surface area contributed by atoms with E-state index in [2.05, 4.69) is 6.58 Å². The predicted octanol–water partition coefficient (Wildman–Crippen LogP) is 3.60. The fraction of sp³-hybridized carbons (Fsp3) is 0.737. The molecule has 2 fully saturated rings. The Balaban J connectivity index is 0.000000240. The van der Waals surface area contributed by atoms with Gasteiger partial charge in [0.2, 0.25) is 0 Å².